The molecule has 0 radical (unpaired) electrons. The summed E-state index contributed by atoms with van der Waals surface area (Å²) in [5.74, 6) is 1.99. The van der Waals surface area contributed by atoms with Crippen molar-refractivity contribution >= 4 is 11.3 Å². The number of nitrogens with zero attached hydrogens (tertiary/aromatic N) is 1. The predicted octanol–water partition coefficient (Wildman–Crippen LogP) is 3.63. The van der Waals surface area contributed by atoms with Gasteiger partial charge in [-0.05, 0) is 37.4 Å². The van der Waals surface area contributed by atoms with Crippen molar-refractivity contribution in [2.24, 2.45) is 0 Å². The van der Waals surface area contributed by atoms with Crippen LogP contribution >= 0.6 is 11.3 Å². The van der Waals surface area contributed by atoms with Crippen LogP contribution in [0.3, 0.4) is 0 Å². The summed E-state index contributed by atoms with van der Waals surface area (Å²) in [6.45, 7) is 10.1. The fourth-order valence-electron chi connectivity index (χ4n) is 4.03. The zero-order valence-corrected chi connectivity index (χ0v) is 17.6. The molecule has 2 aliphatic rings. The average molecular weight is 403 g/mol. The number of ether oxygens (including phenoxy) is 3. The highest BCUT2D eigenvalue weighted by molar-refractivity contribution is 7.10. The first-order valence-corrected chi connectivity index (χ1v) is 11.1. The Hall–Kier alpha value is -1.60. The maximum Gasteiger partial charge on any atom is 0.124 e. The molecule has 1 aromatic heterocycles. The second-order valence-corrected chi connectivity index (χ2v) is 8.42. The summed E-state index contributed by atoms with van der Waals surface area (Å²) in [6, 6.07) is 9.08. The van der Waals surface area contributed by atoms with E-state index < -0.39 is 0 Å². The van der Waals surface area contributed by atoms with E-state index in [1.165, 1.54) is 16.0 Å². The Kier molecular flexibility index (Phi) is 6.52. The monoisotopic (exact) mass is 402 g/mol. The molecule has 1 aromatic carbocycles. The molecular weight excluding hydrogens is 372 g/mol. The molecular formula is C22H30N2O3S. The van der Waals surface area contributed by atoms with Gasteiger partial charge in [-0.15, -0.1) is 11.3 Å². The van der Waals surface area contributed by atoms with Gasteiger partial charge in [-0.3, -0.25) is 4.90 Å². The Morgan fingerprint density at radius 3 is 2.93 bits per heavy atom. The SMILES string of the molecule is CCOc1cc2c(cc1CNC[C@@H](c1cccs1)N1CCOCC1)O[C@@H](C)C2. The summed E-state index contributed by atoms with van der Waals surface area (Å²) in [4.78, 5) is 3.93. The van der Waals surface area contributed by atoms with Gasteiger partial charge >= 0.3 is 0 Å². The lowest BCUT2D eigenvalue weighted by Crippen LogP contribution is -2.42. The Balaban J connectivity index is 1.45. The van der Waals surface area contributed by atoms with E-state index in [2.05, 4.69) is 46.8 Å². The quantitative estimate of drug-likeness (QED) is 0.730. The van der Waals surface area contributed by atoms with Gasteiger partial charge in [0.1, 0.15) is 17.6 Å². The van der Waals surface area contributed by atoms with Gasteiger partial charge in [-0.25, -0.2) is 0 Å². The van der Waals surface area contributed by atoms with Crippen molar-refractivity contribution in [3.05, 3.63) is 45.6 Å². The van der Waals surface area contributed by atoms with Crippen LogP contribution in [0.1, 0.15) is 35.9 Å². The largest absolute Gasteiger partial charge is 0.494 e. The third kappa shape index (κ3) is 4.51. The van der Waals surface area contributed by atoms with E-state index in [1.807, 2.05) is 18.3 Å². The number of hydrogen-bond donors (Lipinski definition) is 1. The molecule has 152 valence electrons. The third-order valence-corrected chi connectivity index (χ3v) is 6.36. The number of fused-ring (bicyclic) bond motifs is 1. The molecule has 1 fully saturated rings. The van der Waals surface area contributed by atoms with Gasteiger partial charge in [0.05, 0.1) is 25.9 Å². The summed E-state index contributed by atoms with van der Waals surface area (Å²) in [7, 11) is 0. The third-order valence-electron chi connectivity index (χ3n) is 5.39. The van der Waals surface area contributed by atoms with Crippen LogP contribution in [0.15, 0.2) is 29.6 Å². The van der Waals surface area contributed by atoms with Crippen LogP contribution in [0, 0.1) is 0 Å². The first-order valence-electron chi connectivity index (χ1n) is 10.3. The van der Waals surface area contributed by atoms with Gasteiger partial charge in [-0.2, -0.15) is 0 Å². The average Bonchev–Trinajstić information content (AvgIpc) is 3.35. The molecule has 2 aromatic rings. The molecule has 0 bridgehead atoms. The molecule has 2 atom stereocenters. The number of morpholine rings is 1. The molecule has 1 saturated heterocycles. The Morgan fingerprint density at radius 2 is 2.18 bits per heavy atom. The number of hydrogen-bond acceptors (Lipinski definition) is 6. The van der Waals surface area contributed by atoms with Crippen LogP contribution in [0.4, 0.5) is 0 Å². The van der Waals surface area contributed by atoms with Gasteiger partial charge in [0.2, 0.25) is 0 Å². The van der Waals surface area contributed by atoms with Crippen LogP contribution in [0.5, 0.6) is 11.5 Å². The predicted molar refractivity (Wildman–Crippen MR) is 113 cm³/mol. The van der Waals surface area contributed by atoms with E-state index in [0.29, 0.717) is 12.6 Å². The number of rotatable bonds is 8. The molecule has 0 spiro atoms. The molecule has 1 N–H and O–H groups in total. The minimum absolute atomic E-state index is 0.247. The number of thiophene rings is 1. The van der Waals surface area contributed by atoms with Gasteiger partial charge in [0.25, 0.3) is 0 Å². The molecule has 2 aliphatic heterocycles. The summed E-state index contributed by atoms with van der Waals surface area (Å²) in [5, 5.41) is 5.84. The fourth-order valence-corrected chi connectivity index (χ4v) is 4.89. The minimum Gasteiger partial charge on any atom is -0.494 e. The maximum absolute atomic E-state index is 5.96. The second-order valence-electron chi connectivity index (χ2n) is 7.44. The van der Waals surface area contributed by atoms with E-state index in [1.54, 1.807) is 0 Å². The lowest BCUT2D eigenvalue weighted by atomic mass is 10.1. The van der Waals surface area contributed by atoms with Gasteiger partial charge in [0.15, 0.2) is 0 Å². The van der Waals surface area contributed by atoms with Gasteiger partial charge < -0.3 is 19.5 Å². The molecule has 0 aliphatic carbocycles. The minimum atomic E-state index is 0.247. The molecule has 4 rings (SSSR count). The first-order chi connectivity index (χ1) is 13.7. The van der Waals surface area contributed by atoms with Crippen molar-refractivity contribution in [2.75, 3.05) is 39.5 Å². The summed E-state index contributed by atoms with van der Waals surface area (Å²) in [6.07, 6.45) is 1.21. The zero-order valence-electron chi connectivity index (χ0n) is 16.8. The van der Waals surface area contributed by atoms with E-state index in [0.717, 1.165) is 57.3 Å². The fraction of sp³-hybridized carbons (Fsp3) is 0.545. The van der Waals surface area contributed by atoms with Crippen molar-refractivity contribution in [1.82, 2.24) is 10.2 Å². The van der Waals surface area contributed by atoms with Crippen molar-refractivity contribution in [3.8, 4) is 11.5 Å². The smallest absolute Gasteiger partial charge is 0.124 e. The molecule has 0 unspecified atom stereocenters. The van der Waals surface area contributed by atoms with E-state index in [4.69, 9.17) is 14.2 Å². The maximum atomic E-state index is 5.96. The van der Waals surface area contributed by atoms with Crippen LogP contribution in [0.2, 0.25) is 0 Å². The lowest BCUT2D eigenvalue weighted by molar-refractivity contribution is 0.0168. The highest BCUT2D eigenvalue weighted by Crippen LogP contribution is 2.35. The number of benzene rings is 1. The molecule has 0 amide bonds. The normalized spacial score (nSPS) is 20.6. The second kappa shape index (κ2) is 9.27. The van der Waals surface area contributed by atoms with Gasteiger partial charge in [-0.1, -0.05) is 6.07 Å². The van der Waals surface area contributed by atoms with Crippen molar-refractivity contribution in [1.29, 1.82) is 0 Å². The van der Waals surface area contributed by atoms with E-state index >= 15 is 0 Å². The van der Waals surface area contributed by atoms with Crippen LogP contribution in [-0.2, 0) is 17.7 Å². The summed E-state index contributed by atoms with van der Waals surface area (Å²) < 4.78 is 17.4. The Morgan fingerprint density at radius 1 is 1.32 bits per heavy atom. The van der Waals surface area contributed by atoms with Crippen LogP contribution in [0.25, 0.3) is 0 Å². The Labute approximate surface area is 171 Å². The molecule has 6 heteroatoms. The molecule has 3 heterocycles. The zero-order chi connectivity index (χ0) is 19.3. The number of nitrogens with one attached hydrogen (secondary N) is 1. The first kappa shape index (κ1) is 19.7. The topological polar surface area (TPSA) is 43.0 Å². The molecule has 0 saturated carbocycles. The Bertz CT molecular complexity index is 759. The van der Waals surface area contributed by atoms with Crippen molar-refractivity contribution < 1.29 is 14.2 Å². The summed E-state index contributed by atoms with van der Waals surface area (Å²) in [5.41, 5.74) is 2.42. The molecule has 5 nitrogen and oxygen atoms in total. The van der Waals surface area contributed by atoms with Crippen LogP contribution < -0.4 is 14.8 Å². The van der Waals surface area contributed by atoms with Gasteiger partial charge in [0, 0.05) is 48.6 Å². The highest BCUT2D eigenvalue weighted by Gasteiger charge is 2.24. The van der Waals surface area contributed by atoms with Crippen molar-refractivity contribution in [2.45, 2.75) is 39.0 Å². The standard InChI is InChI=1S/C22H30N2O3S/c1-3-26-20-12-17-11-16(2)27-21(17)13-18(20)14-23-15-19(22-5-4-10-28-22)24-6-8-25-9-7-24/h4-5,10,12-13,16,19,23H,3,6-9,11,14-15H2,1-2H3/t16-,19-/m0/s1. The van der Waals surface area contributed by atoms with E-state index in [9.17, 15) is 0 Å². The lowest BCUT2D eigenvalue weighted by Gasteiger charge is -2.34. The van der Waals surface area contributed by atoms with Crippen LogP contribution in [-0.4, -0.2) is 50.5 Å². The summed E-state index contributed by atoms with van der Waals surface area (Å²) >= 11 is 1.83. The van der Waals surface area contributed by atoms with E-state index in [-0.39, 0.29) is 6.10 Å². The molecule has 28 heavy (non-hydrogen) atoms. The highest BCUT2D eigenvalue weighted by atomic mass is 32.1. The van der Waals surface area contributed by atoms with Crippen molar-refractivity contribution in [3.63, 3.8) is 0 Å².